The summed E-state index contributed by atoms with van der Waals surface area (Å²) >= 11 is 1.58. The maximum atomic E-state index is 11.9. The van der Waals surface area contributed by atoms with Gasteiger partial charge < -0.3 is 15.5 Å². The molecular formula is C19H21NO4S. The molecule has 3 N–H and O–H groups in total. The zero-order valence-corrected chi connectivity index (χ0v) is 15.1. The smallest absolute Gasteiger partial charge is 0.404 e. The summed E-state index contributed by atoms with van der Waals surface area (Å²) in [6, 6.07) is 7.40. The normalized spacial score (nSPS) is 15.4. The van der Waals surface area contributed by atoms with Crippen LogP contribution in [0.3, 0.4) is 0 Å². The first-order valence-electron chi connectivity index (χ1n) is 8.21. The van der Waals surface area contributed by atoms with E-state index < -0.39 is 12.1 Å². The molecule has 1 aromatic carbocycles. The summed E-state index contributed by atoms with van der Waals surface area (Å²) in [5.41, 5.74) is 3.26. The zero-order chi connectivity index (χ0) is 18.2. The van der Waals surface area contributed by atoms with E-state index in [2.05, 4.69) is 19.2 Å². The van der Waals surface area contributed by atoms with Crippen LogP contribution in [0.1, 0.15) is 46.6 Å². The van der Waals surface area contributed by atoms with Crippen molar-refractivity contribution in [2.75, 3.05) is 0 Å². The molecule has 5 nitrogen and oxygen atoms in total. The third-order valence-corrected chi connectivity index (χ3v) is 5.99. The Hall–Kier alpha value is -2.34. The number of carbonyl (C=O) groups is 2. The summed E-state index contributed by atoms with van der Waals surface area (Å²) in [5, 5.41) is 20.8. The molecule has 0 saturated carbocycles. The number of thiophene rings is 1. The predicted molar refractivity (Wildman–Crippen MR) is 97.4 cm³/mol. The van der Waals surface area contributed by atoms with Crippen LogP contribution in [0.15, 0.2) is 24.3 Å². The fraction of sp³-hybridized carbons (Fsp3) is 0.368. The number of fused-ring (bicyclic) bond motifs is 1. The van der Waals surface area contributed by atoms with E-state index in [1.165, 1.54) is 4.88 Å². The van der Waals surface area contributed by atoms with E-state index in [1.807, 2.05) is 24.3 Å². The molecule has 6 heteroatoms. The van der Waals surface area contributed by atoms with Gasteiger partial charge in [0.1, 0.15) is 0 Å². The van der Waals surface area contributed by atoms with Gasteiger partial charge in [-0.2, -0.15) is 0 Å². The van der Waals surface area contributed by atoms with Crippen molar-refractivity contribution < 1.29 is 19.8 Å². The van der Waals surface area contributed by atoms with Gasteiger partial charge in [-0.25, -0.2) is 9.59 Å². The maximum Gasteiger partial charge on any atom is 0.404 e. The van der Waals surface area contributed by atoms with Crippen molar-refractivity contribution in [2.45, 2.75) is 39.7 Å². The number of amides is 1. The van der Waals surface area contributed by atoms with Crippen LogP contribution in [0, 0.1) is 5.41 Å². The van der Waals surface area contributed by atoms with E-state index in [1.54, 1.807) is 11.3 Å². The number of carboxylic acids is 1. The molecule has 0 spiro atoms. The number of nitrogens with one attached hydrogen (secondary N) is 1. The highest BCUT2D eigenvalue weighted by atomic mass is 32.1. The Labute approximate surface area is 150 Å². The summed E-state index contributed by atoms with van der Waals surface area (Å²) in [6.45, 7) is 4.60. The molecule has 132 valence electrons. The molecule has 3 rings (SSSR count). The van der Waals surface area contributed by atoms with Gasteiger partial charge >= 0.3 is 12.1 Å². The Kier molecular flexibility index (Phi) is 4.56. The van der Waals surface area contributed by atoms with Gasteiger partial charge in [0.2, 0.25) is 0 Å². The second-order valence-corrected chi connectivity index (χ2v) is 8.31. The molecule has 0 bridgehead atoms. The fourth-order valence-corrected chi connectivity index (χ4v) is 4.62. The number of aromatic carboxylic acids is 1. The van der Waals surface area contributed by atoms with Gasteiger partial charge in [-0.15, -0.1) is 11.3 Å². The molecule has 25 heavy (non-hydrogen) atoms. The largest absolute Gasteiger partial charge is 0.478 e. The molecule has 1 amide bonds. The summed E-state index contributed by atoms with van der Waals surface area (Å²) in [6.07, 6.45) is 1.72. The Bertz CT molecular complexity index is 821. The van der Waals surface area contributed by atoms with Gasteiger partial charge in [0.05, 0.1) is 5.56 Å². The first kappa shape index (κ1) is 17.5. The fourth-order valence-electron chi connectivity index (χ4n) is 3.30. The van der Waals surface area contributed by atoms with Crippen molar-refractivity contribution in [1.82, 2.24) is 5.32 Å². The molecule has 1 heterocycles. The lowest BCUT2D eigenvalue weighted by atomic mass is 9.76. The van der Waals surface area contributed by atoms with E-state index in [0.29, 0.717) is 5.56 Å². The second kappa shape index (κ2) is 6.52. The Morgan fingerprint density at radius 1 is 1.20 bits per heavy atom. The average molecular weight is 359 g/mol. The molecule has 1 aromatic heterocycles. The lowest BCUT2D eigenvalue weighted by molar-refractivity contribution is 0.0696. The Balaban J connectivity index is 1.96. The summed E-state index contributed by atoms with van der Waals surface area (Å²) in [7, 11) is 0. The van der Waals surface area contributed by atoms with Crippen molar-refractivity contribution in [3.63, 3.8) is 0 Å². The van der Waals surface area contributed by atoms with Crippen LogP contribution >= 0.6 is 11.3 Å². The molecular weight excluding hydrogens is 338 g/mol. The number of rotatable bonds is 4. The standard InChI is InChI=1S/C19H21NO4S/c1-19(2)8-7-14-13(9-19)15(17(21)22)16(25-14)12-5-3-11(4-6-12)10-20-18(23)24/h3-6,20H,7-10H2,1-2H3,(H,21,22)(H,23,24). The topological polar surface area (TPSA) is 86.6 Å². The van der Waals surface area contributed by atoms with Gasteiger partial charge in [-0.05, 0) is 41.4 Å². The number of hydrogen-bond acceptors (Lipinski definition) is 3. The van der Waals surface area contributed by atoms with E-state index in [9.17, 15) is 14.7 Å². The molecule has 0 atom stereocenters. The van der Waals surface area contributed by atoms with Gasteiger partial charge in [-0.1, -0.05) is 38.1 Å². The van der Waals surface area contributed by atoms with Crippen LogP contribution < -0.4 is 5.32 Å². The van der Waals surface area contributed by atoms with E-state index >= 15 is 0 Å². The van der Waals surface area contributed by atoms with Gasteiger partial charge in [0.25, 0.3) is 0 Å². The molecule has 0 unspecified atom stereocenters. The van der Waals surface area contributed by atoms with Gasteiger partial charge in [0.15, 0.2) is 0 Å². The van der Waals surface area contributed by atoms with Crippen molar-refractivity contribution in [3.8, 4) is 10.4 Å². The van der Waals surface area contributed by atoms with Gasteiger partial charge in [0, 0.05) is 16.3 Å². The molecule has 0 fully saturated rings. The first-order valence-corrected chi connectivity index (χ1v) is 9.02. The average Bonchev–Trinajstić information content (AvgIpc) is 2.90. The van der Waals surface area contributed by atoms with E-state index in [0.717, 1.165) is 40.8 Å². The number of hydrogen-bond donors (Lipinski definition) is 3. The lowest BCUT2D eigenvalue weighted by Crippen LogP contribution is -2.22. The molecule has 1 aliphatic carbocycles. The quantitative estimate of drug-likeness (QED) is 0.755. The summed E-state index contributed by atoms with van der Waals surface area (Å²) in [5.74, 6) is -0.873. The number of carboxylic acid groups (broad SMARTS) is 2. The monoisotopic (exact) mass is 359 g/mol. The minimum Gasteiger partial charge on any atom is -0.478 e. The molecule has 0 aliphatic heterocycles. The van der Waals surface area contributed by atoms with Crippen molar-refractivity contribution in [2.24, 2.45) is 5.41 Å². The predicted octanol–water partition coefficient (Wildman–Crippen LogP) is 4.40. The molecule has 0 saturated heterocycles. The Morgan fingerprint density at radius 3 is 2.48 bits per heavy atom. The molecule has 0 radical (unpaired) electrons. The summed E-state index contributed by atoms with van der Waals surface area (Å²) < 4.78 is 0. The SMILES string of the molecule is CC1(C)CCc2sc(-c3ccc(CNC(=O)O)cc3)c(C(=O)O)c2C1. The molecule has 2 aromatic rings. The van der Waals surface area contributed by atoms with Crippen molar-refractivity contribution >= 4 is 23.4 Å². The number of benzene rings is 1. The van der Waals surface area contributed by atoms with Crippen LogP contribution in [-0.4, -0.2) is 22.3 Å². The Morgan fingerprint density at radius 2 is 1.88 bits per heavy atom. The van der Waals surface area contributed by atoms with Crippen LogP contribution in [0.5, 0.6) is 0 Å². The number of aryl methyl sites for hydroxylation is 1. The molecule has 1 aliphatic rings. The minimum atomic E-state index is -1.06. The highest BCUT2D eigenvalue weighted by Gasteiger charge is 2.32. The second-order valence-electron chi connectivity index (χ2n) is 7.21. The van der Waals surface area contributed by atoms with Gasteiger partial charge in [-0.3, -0.25) is 0 Å². The highest BCUT2D eigenvalue weighted by molar-refractivity contribution is 7.16. The third-order valence-electron chi connectivity index (χ3n) is 4.65. The van der Waals surface area contributed by atoms with E-state index in [-0.39, 0.29) is 12.0 Å². The van der Waals surface area contributed by atoms with Crippen LogP contribution in [0.2, 0.25) is 0 Å². The first-order chi connectivity index (χ1) is 11.8. The minimum absolute atomic E-state index is 0.127. The van der Waals surface area contributed by atoms with Crippen LogP contribution in [0.4, 0.5) is 4.79 Å². The summed E-state index contributed by atoms with van der Waals surface area (Å²) in [4.78, 5) is 24.5. The zero-order valence-electron chi connectivity index (χ0n) is 14.3. The highest BCUT2D eigenvalue weighted by Crippen LogP contribution is 2.45. The van der Waals surface area contributed by atoms with E-state index in [4.69, 9.17) is 5.11 Å². The van der Waals surface area contributed by atoms with Crippen LogP contribution in [-0.2, 0) is 19.4 Å². The van der Waals surface area contributed by atoms with Crippen LogP contribution in [0.25, 0.3) is 10.4 Å². The lowest BCUT2D eigenvalue weighted by Gasteiger charge is -2.29. The van der Waals surface area contributed by atoms with Crippen molar-refractivity contribution in [3.05, 3.63) is 45.8 Å². The van der Waals surface area contributed by atoms with Crippen molar-refractivity contribution in [1.29, 1.82) is 0 Å². The maximum absolute atomic E-state index is 11.9. The third kappa shape index (κ3) is 3.69.